The van der Waals surface area contributed by atoms with Crippen LogP contribution >= 0.6 is 15.9 Å². The standard InChI is InChI=1S/C11H9BrF3N3/c12-9-2-8(13)4-16-10(9)1-7-3-17-18(5-7)6-11(14)15/h2-5,11H,1,6H2. The number of pyridine rings is 1. The summed E-state index contributed by atoms with van der Waals surface area (Å²) in [6.07, 6.45) is 2.12. The third-order valence-corrected chi connectivity index (χ3v) is 2.95. The van der Waals surface area contributed by atoms with Gasteiger partial charge in [0.2, 0.25) is 0 Å². The van der Waals surface area contributed by atoms with Crippen molar-refractivity contribution in [3.05, 3.63) is 46.2 Å². The van der Waals surface area contributed by atoms with Gasteiger partial charge in [-0.2, -0.15) is 5.10 Å². The van der Waals surface area contributed by atoms with Crippen LogP contribution in [0.3, 0.4) is 0 Å². The van der Waals surface area contributed by atoms with Crippen molar-refractivity contribution in [1.29, 1.82) is 0 Å². The van der Waals surface area contributed by atoms with Crippen LogP contribution in [-0.2, 0) is 13.0 Å². The summed E-state index contributed by atoms with van der Waals surface area (Å²) >= 11 is 3.20. The van der Waals surface area contributed by atoms with Crippen molar-refractivity contribution >= 4 is 15.9 Å². The van der Waals surface area contributed by atoms with Gasteiger partial charge in [-0.3, -0.25) is 9.67 Å². The second kappa shape index (κ2) is 5.51. The minimum atomic E-state index is -2.44. The number of hydrogen-bond donors (Lipinski definition) is 0. The maximum Gasteiger partial charge on any atom is 0.257 e. The van der Waals surface area contributed by atoms with Crippen molar-refractivity contribution < 1.29 is 13.2 Å². The van der Waals surface area contributed by atoms with Crippen molar-refractivity contribution in [3.8, 4) is 0 Å². The maximum atomic E-state index is 12.8. The zero-order valence-electron chi connectivity index (χ0n) is 9.15. The summed E-state index contributed by atoms with van der Waals surface area (Å²) in [5.74, 6) is -0.431. The van der Waals surface area contributed by atoms with E-state index in [9.17, 15) is 13.2 Å². The molecule has 0 aliphatic rings. The minimum absolute atomic E-state index is 0.407. The number of halogens is 4. The Bertz CT molecular complexity index is 542. The van der Waals surface area contributed by atoms with E-state index < -0.39 is 18.8 Å². The molecule has 0 bridgehead atoms. The Hall–Kier alpha value is -1.37. The summed E-state index contributed by atoms with van der Waals surface area (Å²) in [5.41, 5.74) is 1.38. The lowest BCUT2D eigenvalue weighted by Gasteiger charge is -2.01. The molecule has 0 spiro atoms. The average Bonchev–Trinajstić information content (AvgIpc) is 2.69. The first-order valence-electron chi connectivity index (χ1n) is 5.14. The van der Waals surface area contributed by atoms with Crippen LogP contribution < -0.4 is 0 Å². The van der Waals surface area contributed by atoms with Crippen LogP contribution in [0.5, 0.6) is 0 Å². The fourth-order valence-corrected chi connectivity index (χ4v) is 1.97. The quantitative estimate of drug-likeness (QED) is 0.867. The van der Waals surface area contributed by atoms with E-state index in [0.29, 0.717) is 16.6 Å². The molecule has 3 nitrogen and oxygen atoms in total. The molecule has 0 aliphatic heterocycles. The first-order valence-corrected chi connectivity index (χ1v) is 5.93. The first-order chi connectivity index (χ1) is 8.54. The van der Waals surface area contributed by atoms with Crippen molar-refractivity contribution in [1.82, 2.24) is 14.8 Å². The van der Waals surface area contributed by atoms with Gasteiger partial charge in [-0.25, -0.2) is 13.2 Å². The molecule has 0 unspecified atom stereocenters. The van der Waals surface area contributed by atoms with Gasteiger partial charge >= 0.3 is 0 Å². The van der Waals surface area contributed by atoms with E-state index >= 15 is 0 Å². The SMILES string of the molecule is Fc1cnc(Cc2cnn(CC(F)F)c2)c(Br)c1. The van der Waals surface area contributed by atoms with Crippen LogP contribution in [0.25, 0.3) is 0 Å². The average molecular weight is 320 g/mol. The van der Waals surface area contributed by atoms with Gasteiger partial charge in [0.15, 0.2) is 0 Å². The fraction of sp³-hybridized carbons (Fsp3) is 0.273. The molecule has 0 saturated heterocycles. The maximum absolute atomic E-state index is 12.8. The van der Waals surface area contributed by atoms with Crippen molar-refractivity contribution in [3.63, 3.8) is 0 Å². The van der Waals surface area contributed by atoms with E-state index in [1.807, 2.05) is 0 Å². The molecule has 0 aromatic carbocycles. The van der Waals surface area contributed by atoms with E-state index in [1.54, 1.807) is 0 Å². The van der Waals surface area contributed by atoms with Gasteiger partial charge in [0.05, 0.1) is 18.1 Å². The number of alkyl halides is 2. The summed E-state index contributed by atoms with van der Waals surface area (Å²) in [6, 6.07) is 1.31. The van der Waals surface area contributed by atoms with Gasteiger partial charge in [0.25, 0.3) is 6.43 Å². The molecule has 7 heteroatoms. The Morgan fingerprint density at radius 1 is 1.33 bits per heavy atom. The van der Waals surface area contributed by atoms with E-state index in [4.69, 9.17) is 0 Å². The highest BCUT2D eigenvalue weighted by atomic mass is 79.9. The fourth-order valence-electron chi connectivity index (χ4n) is 1.51. The highest BCUT2D eigenvalue weighted by Crippen LogP contribution is 2.18. The Labute approximate surface area is 110 Å². The molecule has 18 heavy (non-hydrogen) atoms. The molecule has 2 aromatic heterocycles. The van der Waals surface area contributed by atoms with Gasteiger partial charge in [0.1, 0.15) is 12.4 Å². The summed E-state index contributed by atoms with van der Waals surface area (Å²) in [7, 11) is 0. The molecule has 0 amide bonds. The Morgan fingerprint density at radius 3 is 2.78 bits per heavy atom. The lowest BCUT2D eigenvalue weighted by Crippen LogP contribution is -2.06. The molecular formula is C11H9BrF3N3. The van der Waals surface area contributed by atoms with Crippen molar-refractivity contribution in [2.75, 3.05) is 0 Å². The second-order valence-corrected chi connectivity index (χ2v) is 4.57. The van der Waals surface area contributed by atoms with E-state index in [-0.39, 0.29) is 0 Å². The Morgan fingerprint density at radius 2 is 2.11 bits per heavy atom. The van der Waals surface area contributed by atoms with Crippen LogP contribution in [0.1, 0.15) is 11.3 Å². The monoisotopic (exact) mass is 319 g/mol. The molecule has 2 aromatic rings. The Balaban J connectivity index is 2.11. The smallest absolute Gasteiger partial charge is 0.257 e. The number of hydrogen-bond acceptors (Lipinski definition) is 2. The topological polar surface area (TPSA) is 30.7 Å². The molecule has 2 rings (SSSR count). The van der Waals surface area contributed by atoms with Crippen molar-refractivity contribution in [2.24, 2.45) is 0 Å². The zero-order chi connectivity index (χ0) is 13.1. The van der Waals surface area contributed by atoms with Gasteiger partial charge in [0, 0.05) is 17.1 Å². The lowest BCUT2D eigenvalue weighted by atomic mass is 10.2. The summed E-state index contributed by atoms with van der Waals surface area (Å²) in [6.45, 7) is -0.433. The van der Waals surface area contributed by atoms with Crippen LogP contribution in [0.2, 0.25) is 0 Å². The van der Waals surface area contributed by atoms with E-state index in [2.05, 4.69) is 26.0 Å². The lowest BCUT2D eigenvalue weighted by molar-refractivity contribution is 0.122. The third kappa shape index (κ3) is 3.32. The van der Waals surface area contributed by atoms with Gasteiger partial charge in [-0.15, -0.1) is 0 Å². The predicted octanol–water partition coefficient (Wildman–Crippen LogP) is 3.04. The minimum Gasteiger partial charge on any atom is -0.267 e. The van der Waals surface area contributed by atoms with Gasteiger partial charge in [-0.1, -0.05) is 0 Å². The molecule has 0 radical (unpaired) electrons. The summed E-state index contributed by atoms with van der Waals surface area (Å²) in [4.78, 5) is 3.94. The Kier molecular flexibility index (Phi) is 4.00. The molecule has 0 saturated carbocycles. The van der Waals surface area contributed by atoms with Crippen LogP contribution in [0.4, 0.5) is 13.2 Å². The molecule has 0 aliphatic carbocycles. The zero-order valence-corrected chi connectivity index (χ0v) is 10.7. The summed E-state index contributed by atoms with van der Waals surface area (Å²) < 4.78 is 38.9. The highest BCUT2D eigenvalue weighted by molar-refractivity contribution is 9.10. The molecule has 2 heterocycles. The van der Waals surface area contributed by atoms with Gasteiger partial charge in [-0.05, 0) is 27.6 Å². The number of rotatable bonds is 4. The summed E-state index contributed by atoms with van der Waals surface area (Å²) in [5, 5.41) is 3.82. The first kappa shape index (κ1) is 13.1. The number of aromatic nitrogens is 3. The number of nitrogens with zero attached hydrogens (tertiary/aromatic N) is 3. The van der Waals surface area contributed by atoms with Gasteiger partial charge < -0.3 is 0 Å². The highest BCUT2D eigenvalue weighted by Gasteiger charge is 2.09. The van der Waals surface area contributed by atoms with E-state index in [0.717, 1.165) is 11.8 Å². The van der Waals surface area contributed by atoms with E-state index in [1.165, 1.54) is 23.1 Å². The molecule has 96 valence electrons. The van der Waals surface area contributed by atoms with Crippen LogP contribution in [-0.4, -0.2) is 21.2 Å². The van der Waals surface area contributed by atoms with Crippen LogP contribution in [0.15, 0.2) is 29.1 Å². The molecule has 0 fully saturated rings. The predicted molar refractivity (Wildman–Crippen MR) is 62.9 cm³/mol. The molecule has 0 N–H and O–H groups in total. The molecule has 0 atom stereocenters. The molecular weight excluding hydrogens is 311 g/mol. The van der Waals surface area contributed by atoms with Crippen molar-refractivity contribution in [2.45, 2.75) is 19.4 Å². The second-order valence-electron chi connectivity index (χ2n) is 3.72. The third-order valence-electron chi connectivity index (χ3n) is 2.27. The normalized spacial score (nSPS) is 11.2. The van der Waals surface area contributed by atoms with Crippen LogP contribution in [0, 0.1) is 5.82 Å². The largest absolute Gasteiger partial charge is 0.267 e.